The average Bonchev–Trinajstić information content (AvgIpc) is 2.50. The van der Waals surface area contributed by atoms with E-state index in [0.29, 0.717) is 10.5 Å². The number of benzene rings is 2. The molecule has 22 heavy (non-hydrogen) atoms. The lowest BCUT2D eigenvalue weighted by Crippen LogP contribution is -2.36. The van der Waals surface area contributed by atoms with Crippen LogP contribution in [0, 0.1) is 6.92 Å². The Labute approximate surface area is 138 Å². The van der Waals surface area contributed by atoms with Crippen LogP contribution in [0.4, 0.5) is 0 Å². The molecule has 1 aliphatic carbocycles. The lowest BCUT2D eigenvalue weighted by Gasteiger charge is -2.40. The quantitative estimate of drug-likeness (QED) is 0.700. The molecule has 0 saturated heterocycles. The minimum atomic E-state index is -0.0734. The Morgan fingerprint density at radius 2 is 2.00 bits per heavy atom. The number of likely N-dealkylation sites (N-methyl/N-ethyl adjacent to an activating group) is 1. The third-order valence-electron chi connectivity index (χ3n) is 5.16. The predicted octanol–water partition coefficient (Wildman–Crippen LogP) is 3.92. The fourth-order valence-electron chi connectivity index (χ4n) is 3.97. The van der Waals surface area contributed by atoms with Gasteiger partial charge in [0.1, 0.15) is 0 Å². The molecule has 0 amide bonds. The highest BCUT2D eigenvalue weighted by molar-refractivity contribution is 9.10. The highest BCUT2D eigenvalue weighted by Gasteiger charge is 2.35. The molecule has 114 valence electrons. The van der Waals surface area contributed by atoms with Crippen LogP contribution in [-0.2, 0) is 12.8 Å². The molecule has 1 unspecified atom stereocenters. The van der Waals surface area contributed by atoms with E-state index in [4.69, 9.17) is 0 Å². The number of hydrogen-bond acceptors (Lipinski definition) is 3. The molecule has 1 atom stereocenters. The number of aromatic hydroxyl groups is 2. The Morgan fingerprint density at radius 1 is 1.23 bits per heavy atom. The monoisotopic (exact) mass is 359 g/mol. The molecule has 2 aromatic rings. The predicted molar refractivity (Wildman–Crippen MR) is 90.4 cm³/mol. The maximum absolute atomic E-state index is 10.5. The zero-order chi connectivity index (χ0) is 15.6. The molecule has 1 aliphatic heterocycles. The van der Waals surface area contributed by atoms with Gasteiger partial charge in [-0.3, -0.25) is 4.90 Å². The average molecular weight is 360 g/mol. The molecular weight excluding hydrogens is 342 g/mol. The number of hydrogen-bond donors (Lipinski definition) is 2. The van der Waals surface area contributed by atoms with Gasteiger partial charge in [-0.2, -0.15) is 0 Å². The molecule has 4 rings (SSSR count). The van der Waals surface area contributed by atoms with Crippen molar-refractivity contribution in [3.05, 3.63) is 44.9 Å². The topological polar surface area (TPSA) is 43.7 Å². The van der Waals surface area contributed by atoms with Crippen molar-refractivity contribution >= 4 is 15.9 Å². The van der Waals surface area contributed by atoms with Gasteiger partial charge >= 0.3 is 0 Å². The van der Waals surface area contributed by atoms with Crippen molar-refractivity contribution < 1.29 is 10.2 Å². The van der Waals surface area contributed by atoms with Crippen molar-refractivity contribution in [2.75, 3.05) is 13.6 Å². The summed E-state index contributed by atoms with van der Waals surface area (Å²) in [7, 11) is 2.17. The summed E-state index contributed by atoms with van der Waals surface area (Å²) in [4.78, 5) is 2.39. The number of halogens is 1. The summed E-state index contributed by atoms with van der Waals surface area (Å²) in [6.07, 6.45) is 1.91. The van der Waals surface area contributed by atoms with Crippen LogP contribution in [0.2, 0.25) is 0 Å². The lowest BCUT2D eigenvalue weighted by atomic mass is 9.75. The first kappa shape index (κ1) is 14.1. The third kappa shape index (κ3) is 1.77. The van der Waals surface area contributed by atoms with Crippen LogP contribution in [0.15, 0.2) is 22.7 Å². The van der Waals surface area contributed by atoms with E-state index in [-0.39, 0.29) is 11.5 Å². The van der Waals surface area contributed by atoms with Gasteiger partial charge in [0.05, 0.1) is 4.47 Å². The van der Waals surface area contributed by atoms with Crippen molar-refractivity contribution in [3.8, 4) is 22.6 Å². The van der Waals surface area contributed by atoms with Crippen molar-refractivity contribution in [2.45, 2.75) is 25.8 Å². The van der Waals surface area contributed by atoms with Gasteiger partial charge in [-0.1, -0.05) is 12.1 Å². The van der Waals surface area contributed by atoms with Crippen LogP contribution < -0.4 is 0 Å². The number of rotatable bonds is 0. The number of nitrogens with zero attached hydrogens (tertiary/aromatic N) is 1. The minimum absolute atomic E-state index is 0.0119. The molecule has 0 bridgehead atoms. The van der Waals surface area contributed by atoms with Gasteiger partial charge in [-0.15, -0.1) is 0 Å². The van der Waals surface area contributed by atoms with Crippen molar-refractivity contribution in [3.63, 3.8) is 0 Å². The Balaban J connectivity index is 2.08. The zero-order valence-corrected chi connectivity index (χ0v) is 14.2. The number of phenolic OH excluding ortho intramolecular Hbond substituents is 2. The number of phenols is 2. The third-order valence-corrected chi connectivity index (χ3v) is 5.77. The molecule has 2 N–H and O–H groups in total. The fraction of sp³-hybridized carbons (Fsp3) is 0.333. The van der Waals surface area contributed by atoms with Crippen LogP contribution in [-0.4, -0.2) is 28.7 Å². The van der Waals surface area contributed by atoms with Crippen molar-refractivity contribution in [1.82, 2.24) is 4.90 Å². The summed E-state index contributed by atoms with van der Waals surface area (Å²) in [6.45, 7) is 3.22. The standard InChI is InChI=1S/C18H18BrNO2/c1-9-3-4-12-15-10(7-13(19)17(21)18(15)22)8-14-16(12)11(9)5-6-20(14)2/h3-4,7,14,21-22H,5-6,8H2,1-2H3. The van der Waals surface area contributed by atoms with E-state index in [1.54, 1.807) is 0 Å². The van der Waals surface area contributed by atoms with E-state index in [9.17, 15) is 10.2 Å². The molecule has 4 heteroatoms. The van der Waals surface area contributed by atoms with E-state index in [0.717, 1.165) is 36.1 Å². The van der Waals surface area contributed by atoms with Crippen LogP contribution >= 0.6 is 15.9 Å². The first-order valence-electron chi connectivity index (χ1n) is 7.55. The molecule has 3 nitrogen and oxygen atoms in total. The van der Waals surface area contributed by atoms with Gasteiger partial charge in [0.15, 0.2) is 11.5 Å². The first-order valence-corrected chi connectivity index (χ1v) is 8.34. The Morgan fingerprint density at radius 3 is 2.77 bits per heavy atom. The largest absolute Gasteiger partial charge is 0.504 e. The summed E-state index contributed by atoms with van der Waals surface area (Å²) in [5.74, 6) is -0.0854. The molecular formula is C18H18BrNO2. The zero-order valence-electron chi connectivity index (χ0n) is 12.7. The van der Waals surface area contributed by atoms with Gasteiger partial charge in [-0.25, -0.2) is 0 Å². The molecule has 2 aromatic carbocycles. The minimum Gasteiger partial charge on any atom is -0.504 e. The van der Waals surface area contributed by atoms with E-state index >= 15 is 0 Å². The maximum atomic E-state index is 10.5. The van der Waals surface area contributed by atoms with Crippen LogP contribution in [0.3, 0.4) is 0 Å². The second-order valence-corrected chi connectivity index (χ2v) is 7.22. The van der Waals surface area contributed by atoms with Gasteiger partial charge in [-0.05, 0) is 76.6 Å². The Kier molecular flexibility index (Phi) is 3.03. The summed E-state index contributed by atoms with van der Waals surface area (Å²) < 4.78 is 0.554. The number of fused-ring (bicyclic) bond motifs is 2. The summed E-state index contributed by atoms with van der Waals surface area (Å²) >= 11 is 3.34. The van der Waals surface area contributed by atoms with Crippen LogP contribution in [0.5, 0.6) is 11.5 Å². The van der Waals surface area contributed by atoms with E-state index < -0.39 is 0 Å². The fourth-order valence-corrected chi connectivity index (χ4v) is 4.44. The van der Waals surface area contributed by atoms with E-state index in [2.05, 4.69) is 46.9 Å². The SMILES string of the molecule is Cc1ccc2c3c1CCN(C)C3Cc1cc(Br)c(O)c(O)c1-2. The molecule has 2 aliphatic rings. The highest BCUT2D eigenvalue weighted by Crippen LogP contribution is 2.52. The molecule has 1 heterocycles. The second kappa shape index (κ2) is 4.74. The molecule has 0 radical (unpaired) electrons. The van der Waals surface area contributed by atoms with Gasteiger partial charge in [0, 0.05) is 18.2 Å². The summed E-state index contributed by atoms with van der Waals surface area (Å²) in [5.41, 5.74) is 7.01. The normalized spacial score (nSPS) is 19.7. The molecule has 0 aromatic heterocycles. The number of aryl methyl sites for hydroxylation is 1. The van der Waals surface area contributed by atoms with Gasteiger partial charge in [0.2, 0.25) is 0 Å². The molecule has 0 saturated carbocycles. The molecule has 0 fully saturated rings. The Hall–Kier alpha value is -1.52. The second-order valence-electron chi connectivity index (χ2n) is 6.36. The van der Waals surface area contributed by atoms with E-state index in [1.165, 1.54) is 16.7 Å². The lowest BCUT2D eigenvalue weighted by molar-refractivity contribution is 0.227. The van der Waals surface area contributed by atoms with E-state index in [1.807, 2.05) is 6.07 Å². The van der Waals surface area contributed by atoms with Crippen LogP contribution in [0.25, 0.3) is 11.1 Å². The highest BCUT2D eigenvalue weighted by atomic mass is 79.9. The van der Waals surface area contributed by atoms with Crippen LogP contribution in [0.1, 0.15) is 28.3 Å². The smallest absolute Gasteiger partial charge is 0.172 e. The first-order chi connectivity index (χ1) is 10.5. The summed E-state index contributed by atoms with van der Waals surface area (Å²) in [5, 5.41) is 20.6. The maximum Gasteiger partial charge on any atom is 0.172 e. The summed E-state index contributed by atoms with van der Waals surface area (Å²) in [6, 6.07) is 6.51. The Bertz CT molecular complexity index is 800. The van der Waals surface area contributed by atoms with Gasteiger partial charge in [0.25, 0.3) is 0 Å². The van der Waals surface area contributed by atoms with Crippen molar-refractivity contribution in [1.29, 1.82) is 0 Å². The molecule has 0 spiro atoms. The van der Waals surface area contributed by atoms with Crippen molar-refractivity contribution in [2.24, 2.45) is 0 Å². The van der Waals surface area contributed by atoms with Gasteiger partial charge < -0.3 is 10.2 Å².